The zero-order valence-corrected chi connectivity index (χ0v) is 14.8. The van der Waals surface area contributed by atoms with Crippen molar-refractivity contribution in [2.24, 2.45) is 5.10 Å². The van der Waals surface area contributed by atoms with Gasteiger partial charge in [-0.3, -0.25) is 4.79 Å². The van der Waals surface area contributed by atoms with Gasteiger partial charge in [0.25, 0.3) is 5.56 Å². The third-order valence-corrected chi connectivity index (χ3v) is 4.01. The van der Waals surface area contributed by atoms with Gasteiger partial charge in [-0.25, -0.2) is 9.37 Å². The van der Waals surface area contributed by atoms with E-state index in [0.717, 1.165) is 4.47 Å². The van der Waals surface area contributed by atoms with Crippen molar-refractivity contribution in [2.45, 2.75) is 19.8 Å². The van der Waals surface area contributed by atoms with Crippen LogP contribution < -0.4 is 5.56 Å². The Morgan fingerprint density at radius 2 is 2.04 bits per heavy atom. The number of halogens is 2. The van der Waals surface area contributed by atoms with Crippen LogP contribution in [0.2, 0.25) is 0 Å². The summed E-state index contributed by atoms with van der Waals surface area (Å²) in [5, 5.41) is 4.73. The zero-order valence-electron chi connectivity index (χ0n) is 13.2. The lowest BCUT2D eigenvalue weighted by Crippen LogP contribution is -2.23. The van der Waals surface area contributed by atoms with Gasteiger partial charge in [0, 0.05) is 10.4 Å². The Morgan fingerprint density at radius 3 is 2.75 bits per heavy atom. The molecule has 0 N–H and O–H groups in total. The van der Waals surface area contributed by atoms with Crippen molar-refractivity contribution in [3.05, 3.63) is 74.5 Å². The molecule has 6 heteroatoms. The van der Waals surface area contributed by atoms with Gasteiger partial charge in [-0.05, 0) is 35.9 Å². The van der Waals surface area contributed by atoms with Crippen molar-refractivity contribution in [3.8, 4) is 0 Å². The smallest absolute Gasteiger partial charge is 0.267 e. The number of rotatable bonds is 3. The lowest BCUT2D eigenvalue weighted by atomic mass is 10.2. The topological polar surface area (TPSA) is 47.2 Å². The molecule has 0 aliphatic carbocycles. The van der Waals surface area contributed by atoms with Crippen LogP contribution in [0.3, 0.4) is 0 Å². The Hall–Kier alpha value is -2.34. The summed E-state index contributed by atoms with van der Waals surface area (Å²) >= 11 is 3.37. The molecule has 0 spiro atoms. The van der Waals surface area contributed by atoms with E-state index in [1.807, 2.05) is 19.9 Å². The average molecular weight is 388 g/mol. The number of fused-ring (bicyclic) bond motifs is 1. The highest BCUT2D eigenvalue weighted by atomic mass is 79.9. The fraction of sp³-hybridized carbons (Fsp3) is 0.167. The minimum Gasteiger partial charge on any atom is -0.267 e. The minimum atomic E-state index is -0.351. The lowest BCUT2D eigenvalue weighted by Gasteiger charge is -2.11. The summed E-state index contributed by atoms with van der Waals surface area (Å²) in [6.07, 6.45) is 1.46. The Kier molecular flexibility index (Phi) is 4.57. The van der Waals surface area contributed by atoms with E-state index in [9.17, 15) is 9.18 Å². The van der Waals surface area contributed by atoms with Gasteiger partial charge in [-0.2, -0.15) is 9.78 Å². The number of hydrogen-bond acceptors (Lipinski definition) is 3. The van der Waals surface area contributed by atoms with E-state index in [0.29, 0.717) is 22.3 Å². The first-order valence-corrected chi connectivity index (χ1v) is 8.27. The Balaban J connectivity index is 2.19. The molecule has 0 unspecified atom stereocenters. The highest BCUT2D eigenvalue weighted by Crippen LogP contribution is 2.18. The summed E-state index contributed by atoms with van der Waals surface area (Å²) in [6, 6.07) is 11.4. The molecule has 4 nitrogen and oxygen atoms in total. The normalized spacial score (nSPS) is 11.7. The monoisotopic (exact) mass is 387 g/mol. The summed E-state index contributed by atoms with van der Waals surface area (Å²) in [5.41, 5.74) is 0.952. The molecule has 0 fully saturated rings. The van der Waals surface area contributed by atoms with E-state index in [1.165, 1.54) is 23.0 Å². The van der Waals surface area contributed by atoms with Gasteiger partial charge < -0.3 is 0 Å². The molecule has 24 heavy (non-hydrogen) atoms. The second-order valence-corrected chi connectivity index (χ2v) is 6.62. The van der Waals surface area contributed by atoms with Crippen LogP contribution in [-0.4, -0.2) is 15.9 Å². The van der Waals surface area contributed by atoms with Gasteiger partial charge >= 0.3 is 0 Å². The molecule has 0 saturated heterocycles. The van der Waals surface area contributed by atoms with Crippen LogP contribution in [0.4, 0.5) is 4.39 Å². The van der Waals surface area contributed by atoms with E-state index in [1.54, 1.807) is 24.3 Å². The fourth-order valence-corrected chi connectivity index (χ4v) is 2.72. The number of hydrogen-bond donors (Lipinski definition) is 0. The van der Waals surface area contributed by atoms with Crippen molar-refractivity contribution < 1.29 is 4.39 Å². The second kappa shape index (κ2) is 6.65. The standard InChI is InChI=1S/C18H15BrFN3O/c1-11(2)17-22-16-7-6-13(19)9-15(16)18(24)23(17)21-10-12-4-3-5-14(20)8-12/h3-11H,1-2H3. The Bertz CT molecular complexity index is 995. The predicted octanol–water partition coefficient (Wildman–Crippen LogP) is 4.30. The van der Waals surface area contributed by atoms with Gasteiger partial charge in [-0.1, -0.05) is 41.9 Å². The molecule has 2 aromatic carbocycles. The van der Waals surface area contributed by atoms with Crippen LogP contribution in [0.15, 0.2) is 56.8 Å². The maximum atomic E-state index is 13.3. The molecule has 0 amide bonds. The zero-order chi connectivity index (χ0) is 17.3. The summed E-state index contributed by atoms with van der Waals surface area (Å²) < 4.78 is 15.4. The van der Waals surface area contributed by atoms with Crippen LogP contribution in [0.25, 0.3) is 10.9 Å². The summed E-state index contributed by atoms with van der Waals surface area (Å²) in [4.78, 5) is 17.4. The molecule has 3 rings (SSSR count). The first kappa shape index (κ1) is 16.5. The number of nitrogens with zero attached hydrogens (tertiary/aromatic N) is 3. The molecular weight excluding hydrogens is 373 g/mol. The third kappa shape index (κ3) is 3.28. The maximum absolute atomic E-state index is 13.3. The van der Waals surface area contributed by atoms with Crippen molar-refractivity contribution in [3.63, 3.8) is 0 Å². The van der Waals surface area contributed by atoms with Gasteiger partial charge in [0.05, 0.1) is 17.1 Å². The Labute approximate surface area is 146 Å². The molecule has 1 heterocycles. The lowest BCUT2D eigenvalue weighted by molar-refractivity contribution is 0.627. The predicted molar refractivity (Wildman–Crippen MR) is 97.2 cm³/mol. The molecule has 122 valence electrons. The van der Waals surface area contributed by atoms with E-state index >= 15 is 0 Å². The van der Waals surface area contributed by atoms with Crippen molar-refractivity contribution in [2.75, 3.05) is 0 Å². The van der Waals surface area contributed by atoms with E-state index in [-0.39, 0.29) is 17.3 Å². The average Bonchev–Trinajstić information content (AvgIpc) is 2.54. The molecule has 0 atom stereocenters. The van der Waals surface area contributed by atoms with E-state index in [4.69, 9.17) is 0 Å². The number of benzene rings is 2. The summed E-state index contributed by atoms with van der Waals surface area (Å²) in [6.45, 7) is 3.89. The Morgan fingerprint density at radius 1 is 1.25 bits per heavy atom. The van der Waals surface area contributed by atoms with E-state index in [2.05, 4.69) is 26.0 Å². The van der Waals surface area contributed by atoms with Crippen LogP contribution in [0.5, 0.6) is 0 Å². The van der Waals surface area contributed by atoms with Crippen LogP contribution in [0.1, 0.15) is 31.2 Å². The SMILES string of the molecule is CC(C)c1nc2ccc(Br)cc2c(=O)n1N=Cc1cccc(F)c1. The first-order chi connectivity index (χ1) is 11.5. The van der Waals surface area contributed by atoms with E-state index < -0.39 is 0 Å². The van der Waals surface area contributed by atoms with Gasteiger partial charge in [0.1, 0.15) is 11.6 Å². The second-order valence-electron chi connectivity index (χ2n) is 5.70. The first-order valence-electron chi connectivity index (χ1n) is 7.48. The van der Waals surface area contributed by atoms with Crippen molar-refractivity contribution in [1.82, 2.24) is 9.66 Å². The molecular formula is C18H15BrFN3O. The molecule has 3 aromatic rings. The fourth-order valence-electron chi connectivity index (χ4n) is 2.36. The highest BCUT2D eigenvalue weighted by Gasteiger charge is 2.13. The molecule has 0 saturated carbocycles. The molecule has 0 aliphatic heterocycles. The molecule has 0 aliphatic rings. The minimum absolute atomic E-state index is 0.00964. The molecule has 1 aromatic heterocycles. The number of aromatic nitrogens is 2. The van der Waals surface area contributed by atoms with Gasteiger partial charge in [0.15, 0.2) is 0 Å². The quantitative estimate of drug-likeness (QED) is 0.628. The van der Waals surface area contributed by atoms with Crippen molar-refractivity contribution >= 4 is 33.0 Å². The largest absolute Gasteiger partial charge is 0.282 e. The third-order valence-electron chi connectivity index (χ3n) is 3.52. The van der Waals surface area contributed by atoms with Crippen molar-refractivity contribution in [1.29, 1.82) is 0 Å². The summed E-state index contributed by atoms with van der Waals surface area (Å²) in [5.74, 6) is 0.217. The highest BCUT2D eigenvalue weighted by molar-refractivity contribution is 9.10. The van der Waals surface area contributed by atoms with Crippen LogP contribution >= 0.6 is 15.9 Å². The molecule has 0 radical (unpaired) electrons. The summed E-state index contributed by atoms with van der Waals surface area (Å²) in [7, 11) is 0. The molecule has 0 bridgehead atoms. The van der Waals surface area contributed by atoms with Gasteiger partial charge in [0.2, 0.25) is 0 Å². The maximum Gasteiger partial charge on any atom is 0.282 e. The van der Waals surface area contributed by atoms with Crippen LogP contribution in [-0.2, 0) is 0 Å². The van der Waals surface area contributed by atoms with Gasteiger partial charge in [-0.15, -0.1) is 0 Å². The van der Waals surface area contributed by atoms with Crippen LogP contribution in [0, 0.1) is 5.82 Å².